The number of rotatable bonds is 10. The number of ether oxygens (including phenoxy) is 1. The number of furan rings is 1. The van der Waals surface area contributed by atoms with Gasteiger partial charge in [-0.2, -0.15) is 0 Å². The zero-order valence-electron chi connectivity index (χ0n) is 18.7. The molecule has 0 radical (unpaired) electrons. The lowest BCUT2D eigenvalue weighted by Gasteiger charge is -2.36. The van der Waals surface area contributed by atoms with Crippen LogP contribution in [0.2, 0.25) is 0 Å². The van der Waals surface area contributed by atoms with Crippen LogP contribution in [0.3, 0.4) is 0 Å². The molecule has 0 aromatic carbocycles. The lowest BCUT2D eigenvalue weighted by molar-refractivity contribution is 0.00867. The molecular formula is C21H38IN5O3. The van der Waals surface area contributed by atoms with Gasteiger partial charge < -0.3 is 25.1 Å². The van der Waals surface area contributed by atoms with Gasteiger partial charge >= 0.3 is 0 Å². The van der Waals surface area contributed by atoms with Crippen molar-refractivity contribution in [1.29, 1.82) is 0 Å². The number of carbonyl (C=O) groups is 1. The minimum absolute atomic E-state index is 0. The Balaban J connectivity index is 0.00000450. The summed E-state index contributed by atoms with van der Waals surface area (Å²) >= 11 is 0. The Labute approximate surface area is 197 Å². The van der Waals surface area contributed by atoms with Crippen LogP contribution in [0.5, 0.6) is 0 Å². The van der Waals surface area contributed by atoms with Crippen molar-refractivity contribution >= 4 is 35.8 Å². The first-order chi connectivity index (χ1) is 14.0. The molecule has 2 rings (SSSR count). The van der Waals surface area contributed by atoms with Gasteiger partial charge in [-0.3, -0.25) is 14.7 Å². The van der Waals surface area contributed by atoms with Crippen LogP contribution in [0.15, 0.2) is 21.7 Å². The number of morpholine rings is 1. The molecule has 1 unspecified atom stereocenters. The number of hydrogen-bond donors (Lipinski definition) is 3. The molecule has 0 bridgehead atoms. The summed E-state index contributed by atoms with van der Waals surface area (Å²) in [6.07, 6.45) is 2.33. The van der Waals surface area contributed by atoms with Crippen molar-refractivity contribution in [1.82, 2.24) is 20.9 Å². The summed E-state index contributed by atoms with van der Waals surface area (Å²) in [6.45, 7) is 14.8. The van der Waals surface area contributed by atoms with E-state index in [2.05, 4.69) is 41.6 Å². The van der Waals surface area contributed by atoms with Crippen LogP contribution in [0.4, 0.5) is 0 Å². The summed E-state index contributed by atoms with van der Waals surface area (Å²) in [6, 6.07) is 2.20. The molecule has 1 aromatic heterocycles. The highest BCUT2D eigenvalue weighted by molar-refractivity contribution is 14.0. The molecule has 1 saturated heterocycles. The largest absolute Gasteiger partial charge is 0.459 e. The first-order valence-corrected chi connectivity index (χ1v) is 10.7. The molecule has 1 aromatic rings. The standard InChI is InChI=1S/C21H37N5O3.HI/c1-5-22-21(25-15-18(16(2)3)26-10-13-28-14-11-26)24-9-6-8-23-20(27)19-17(4)7-12-29-19;/h7,12,16,18H,5-6,8-11,13-15H2,1-4H3,(H,23,27)(H2,22,24,25);1H. The van der Waals surface area contributed by atoms with Gasteiger partial charge in [0.25, 0.3) is 5.91 Å². The summed E-state index contributed by atoms with van der Waals surface area (Å²) in [4.78, 5) is 19.3. The Bertz CT molecular complexity index is 644. The average Bonchev–Trinajstić information content (AvgIpc) is 3.14. The Hall–Kier alpha value is -1.33. The van der Waals surface area contributed by atoms with Crippen LogP contribution in [0, 0.1) is 12.8 Å². The lowest BCUT2D eigenvalue weighted by Crippen LogP contribution is -2.48. The normalized spacial score (nSPS) is 16.1. The summed E-state index contributed by atoms with van der Waals surface area (Å²) < 4.78 is 10.7. The highest BCUT2D eigenvalue weighted by Crippen LogP contribution is 2.13. The number of hydrogen-bond acceptors (Lipinski definition) is 5. The van der Waals surface area contributed by atoms with E-state index in [1.807, 2.05) is 6.92 Å². The van der Waals surface area contributed by atoms with Crippen molar-refractivity contribution < 1.29 is 13.9 Å². The maximum absolute atomic E-state index is 12.0. The molecule has 1 aliphatic rings. The molecule has 30 heavy (non-hydrogen) atoms. The van der Waals surface area contributed by atoms with Crippen molar-refractivity contribution in [3.8, 4) is 0 Å². The second kappa shape index (κ2) is 14.6. The number of aliphatic imine (C=N–C) groups is 1. The Morgan fingerprint density at radius 1 is 1.20 bits per heavy atom. The van der Waals surface area contributed by atoms with Crippen molar-refractivity contribution in [2.45, 2.75) is 40.2 Å². The number of carbonyl (C=O) groups excluding carboxylic acids is 1. The fraction of sp³-hybridized carbons (Fsp3) is 0.714. The van der Waals surface area contributed by atoms with E-state index in [1.165, 1.54) is 6.26 Å². The Morgan fingerprint density at radius 2 is 1.90 bits per heavy atom. The van der Waals surface area contributed by atoms with Crippen LogP contribution < -0.4 is 16.0 Å². The minimum atomic E-state index is -0.168. The van der Waals surface area contributed by atoms with Gasteiger partial charge in [-0.25, -0.2) is 0 Å². The Morgan fingerprint density at radius 3 is 2.50 bits per heavy atom. The van der Waals surface area contributed by atoms with Gasteiger partial charge in [-0.1, -0.05) is 13.8 Å². The van der Waals surface area contributed by atoms with Crippen LogP contribution >= 0.6 is 24.0 Å². The number of aryl methyl sites for hydroxylation is 1. The van der Waals surface area contributed by atoms with Gasteiger partial charge in [0.05, 0.1) is 26.0 Å². The molecule has 0 saturated carbocycles. The maximum atomic E-state index is 12.0. The number of guanidine groups is 1. The van der Waals surface area contributed by atoms with E-state index in [-0.39, 0.29) is 29.9 Å². The molecule has 3 N–H and O–H groups in total. The molecule has 0 spiro atoms. The van der Waals surface area contributed by atoms with Gasteiger partial charge in [-0.05, 0) is 32.3 Å². The monoisotopic (exact) mass is 535 g/mol. The number of halogens is 1. The maximum Gasteiger partial charge on any atom is 0.287 e. The van der Waals surface area contributed by atoms with Gasteiger partial charge in [-0.15, -0.1) is 24.0 Å². The number of nitrogens with one attached hydrogen (secondary N) is 3. The summed E-state index contributed by atoms with van der Waals surface area (Å²) in [5.41, 5.74) is 0.849. The molecule has 2 heterocycles. The fourth-order valence-corrected chi connectivity index (χ4v) is 3.37. The van der Waals surface area contributed by atoms with Crippen molar-refractivity contribution in [3.63, 3.8) is 0 Å². The SMILES string of the molecule is CCNC(=NCC(C(C)C)N1CCOCC1)NCCCNC(=O)c1occc1C.I. The third kappa shape index (κ3) is 8.81. The molecule has 1 atom stereocenters. The fourth-order valence-electron chi connectivity index (χ4n) is 3.37. The van der Waals surface area contributed by atoms with Gasteiger partial charge in [0.2, 0.25) is 0 Å². The van der Waals surface area contributed by atoms with E-state index in [1.54, 1.807) is 6.07 Å². The molecule has 0 aliphatic carbocycles. The van der Waals surface area contributed by atoms with E-state index >= 15 is 0 Å². The topological polar surface area (TPSA) is 91.1 Å². The van der Waals surface area contributed by atoms with E-state index in [0.717, 1.165) is 63.9 Å². The third-order valence-corrected chi connectivity index (χ3v) is 5.06. The highest BCUT2D eigenvalue weighted by atomic mass is 127. The molecule has 172 valence electrons. The van der Waals surface area contributed by atoms with E-state index in [4.69, 9.17) is 14.1 Å². The lowest BCUT2D eigenvalue weighted by atomic mass is 10.0. The molecule has 8 nitrogen and oxygen atoms in total. The van der Waals surface area contributed by atoms with Gasteiger partial charge in [0.1, 0.15) is 0 Å². The summed E-state index contributed by atoms with van der Waals surface area (Å²) in [5, 5.41) is 9.55. The van der Waals surface area contributed by atoms with Crippen molar-refractivity contribution in [3.05, 3.63) is 23.7 Å². The van der Waals surface area contributed by atoms with Crippen molar-refractivity contribution in [2.24, 2.45) is 10.9 Å². The predicted octanol–water partition coefficient (Wildman–Crippen LogP) is 2.24. The quantitative estimate of drug-likeness (QED) is 0.184. The number of amides is 1. The van der Waals surface area contributed by atoms with Crippen LogP contribution in [-0.2, 0) is 4.74 Å². The summed E-state index contributed by atoms with van der Waals surface area (Å²) in [7, 11) is 0. The van der Waals surface area contributed by atoms with Crippen LogP contribution in [0.25, 0.3) is 0 Å². The minimum Gasteiger partial charge on any atom is -0.459 e. The molecule has 1 amide bonds. The first-order valence-electron chi connectivity index (χ1n) is 10.7. The van der Waals surface area contributed by atoms with Crippen LogP contribution in [-0.4, -0.2) is 75.3 Å². The average molecular weight is 535 g/mol. The molecular weight excluding hydrogens is 497 g/mol. The third-order valence-electron chi connectivity index (χ3n) is 5.06. The van der Waals surface area contributed by atoms with E-state index in [0.29, 0.717) is 24.3 Å². The van der Waals surface area contributed by atoms with Crippen molar-refractivity contribution in [2.75, 3.05) is 52.5 Å². The van der Waals surface area contributed by atoms with Gasteiger partial charge in [0, 0.05) is 44.3 Å². The molecule has 1 fully saturated rings. The van der Waals surface area contributed by atoms with E-state index in [9.17, 15) is 4.79 Å². The van der Waals surface area contributed by atoms with E-state index < -0.39 is 0 Å². The first kappa shape index (κ1) is 26.7. The van der Waals surface area contributed by atoms with Gasteiger partial charge in [0.15, 0.2) is 11.7 Å². The second-order valence-electron chi connectivity index (χ2n) is 7.65. The predicted molar refractivity (Wildman–Crippen MR) is 131 cm³/mol. The van der Waals surface area contributed by atoms with Crippen LogP contribution in [0.1, 0.15) is 43.3 Å². The highest BCUT2D eigenvalue weighted by Gasteiger charge is 2.23. The summed E-state index contributed by atoms with van der Waals surface area (Å²) in [5.74, 6) is 1.56. The number of nitrogens with zero attached hydrogens (tertiary/aromatic N) is 2. The Kier molecular flexibility index (Phi) is 13.0. The molecule has 1 aliphatic heterocycles. The smallest absolute Gasteiger partial charge is 0.287 e. The zero-order chi connectivity index (χ0) is 21.1. The molecule has 9 heteroatoms. The second-order valence-corrected chi connectivity index (χ2v) is 7.65. The zero-order valence-corrected chi connectivity index (χ0v) is 21.0.